The van der Waals surface area contributed by atoms with Gasteiger partial charge in [0.15, 0.2) is 0 Å². The molecule has 0 saturated carbocycles. The molecule has 1 amide bonds. The molecule has 28 heavy (non-hydrogen) atoms. The fourth-order valence-electron chi connectivity index (χ4n) is 3.73. The first-order valence-electron chi connectivity index (χ1n) is 9.65. The zero-order valence-corrected chi connectivity index (χ0v) is 17.4. The lowest BCUT2D eigenvalue weighted by atomic mass is 10.0. The van der Waals surface area contributed by atoms with Gasteiger partial charge in [-0.15, -0.1) is 0 Å². The average molecular weight is 438 g/mol. The topological polar surface area (TPSA) is 35.6 Å². The van der Waals surface area contributed by atoms with Crippen molar-refractivity contribution in [3.63, 3.8) is 0 Å². The molecule has 5 heteroatoms. The molecule has 0 radical (unpaired) electrons. The van der Waals surface area contributed by atoms with E-state index in [0.29, 0.717) is 6.54 Å². The number of carbonyl (C=O) groups is 1. The van der Waals surface area contributed by atoms with Crippen LogP contribution in [0.25, 0.3) is 10.8 Å². The van der Waals surface area contributed by atoms with Gasteiger partial charge >= 0.3 is 0 Å². The highest BCUT2D eigenvalue weighted by atomic mass is 79.9. The van der Waals surface area contributed by atoms with Crippen molar-refractivity contribution in [2.45, 2.75) is 6.54 Å². The summed E-state index contributed by atoms with van der Waals surface area (Å²) in [5, 5.41) is 5.62. The maximum Gasteiger partial charge on any atom is 0.238 e. The third kappa shape index (κ3) is 4.61. The summed E-state index contributed by atoms with van der Waals surface area (Å²) in [6, 6.07) is 22.8. The van der Waals surface area contributed by atoms with Gasteiger partial charge in [0.25, 0.3) is 0 Å². The van der Waals surface area contributed by atoms with E-state index in [9.17, 15) is 4.79 Å². The summed E-state index contributed by atoms with van der Waals surface area (Å²) in [5.41, 5.74) is 2.19. The highest BCUT2D eigenvalue weighted by Gasteiger charge is 2.19. The monoisotopic (exact) mass is 437 g/mol. The van der Waals surface area contributed by atoms with Crippen LogP contribution >= 0.6 is 15.9 Å². The largest absolute Gasteiger partial charge is 0.324 e. The molecule has 4 nitrogen and oxygen atoms in total. The van der Waals surface area contributed by atoms with Crippen LogP contribution in [0.15, 0.2) is 71.2 Å². The molecule has 1 heterocycles. The molecular formula is C23H24BrN3O. The van der Waals surface area contributed by atoms with Crippen LogP contribution in [0.1, 0.15) is 5.56 Å². The highest BCUT2D eigenvalue weighted by Crippen LogP contribution is 2.22. The Balaban J connectivity index is 1.30. The van der Waals surface area contributed by atoms with Crippen molar-refractivity contribution in [3.05, 3.63) is 76.8 Å². The number of nitrogens with one attached hydrogen (secondary N) is 1. The van der Waals surface area contributed by atoms with Gasteiger partial charge in [0.05, 0.1) is 12.2 Å². The summed E-state index contributed by atoms with van der Waals surface area (Å²) in [7, 11) is 0. The van der Waals surface area contributed by atoms with Crippen LogP contribution in [-0.4, -0.2) is 48.4 Å². The molecule has 0 atom stereocenters. The van der Waals surface area contributed by atoms with Crippen molar-refractivity contribution in [1.29, 1.82) is 0 Å². The standard InChI is InChI=1S/C23H24BrN3O/c24-21-10-3-4-11-22(21)25-23(28)17-27-14-12-26(13-15-27)16-19-8-5-7-18-6-1-2-9-20(18)19/h1-11H,12-17H2,(H,25,28). The molecule has 144 valence electrons. The second kappa shape index (κ2) is 8.86. The first kappa shape index (κ1) is 19.1. The molecule has 0 aromatic heterocycles. The minimum atomic E-state index is 0.0365. The quantitative estimate of drug-likeness (QED) is 0.643. The van der Waals surface area contributed by atoms with Crippen molar-refractivity contribution in [2.75, 3.05) is 38.0 Å². The molecule has 0 spiro atoms. The highest BCUT2D eigenvalue weighted by molar-refractivity contribution is 9.10. The van der Waals surface area contributed by atoms with E-state index in [4.69, 9.17) is 0 Å². The predicted molar refractivity (Wildman–Crippen MR) is 118 cm³/mol. The van der Waals surface area contributed by atoms with E-state index >= 15 is 0 Å². The number of halogens is 1. The van der Waals surface area contributed by atoms with Crippen LogP contribution in [0.2, 0.25) is 0 Å². The van der Waals surface area contributed by atoms with Gasteiger partial charge in [-0.1, -0.05) is 54.6 Å². The van der Waals surface area contributed by atoms with E-state index in [0.717, 1.165) is 42.9 Å². The Kier molecular flexibility index (Phi) is 6.05. The van der Waals surface area contributed by atoms with E-state index in [1.807, 2.05) is 24.3 Å². The van der Waals surface area contributed by atoms with E-state index in [1.54, 1.807) is 0 Å². The second-order valence-corrected chi connectivity index (χ2v) is 8.07. The van der Waals surface area contributed by atoms with E-state index in [1.165, 1.54) is 16.3 Å². The summed E-state index contributed by atoms with van der Waals surface area (Å²) in [5.74, 6) is 0.0365. The Morgan fingerprint density at radius 2 is 1.54 bits per heavy atom. The maximum absolute atomic E-state index is 12.4. The van der Waals surface area contributed by atoms with Gasteiger partial charge in [-0.05, 0) is 44.4 Å². The molecular weight excluding hydrogens is 414 g/mol. The third-order valence-corrected chi connectivity index (χ3v) is 5.95. The molecule has 4 rings (SSSR count). The third-order valence-electron chi connectivity index (χ3n) is 5.25. The zero-order chi connectivity index (χ0) is 19.3. The molecule has 1 fully saturated rings. The number of para-hydroxylation sites is 1. The van der Waals surface area contributed by atoms with Gasteiger partial charge in [0.1, 0.15) is 0 Å². The number of hydrogen-bond donors (Lipinski definition) is 1. The Labute approximate surface area is 174 Å². The number of benzene rings is 3. The lowest BCUT2D eigenvalue weighted by molar-refractivity contribution is -0.117. The van der Waals surface area contributed by atoms with Gasteiger partial charge in [-0.3, -0.25) is 14.6 Å². The lowest BCUT2D eigenvalue weighted by Crippen LogP contribution is -2.48. The summed E-state index contributed by atoms with van der Waals surface area (Å²) < 4.78 is 0.906. The smallest absolute Gasteiger partial charge is 0.238 e. The molecule has 1 N–H and O–H groups in total. The van der Waals surface area contributed by atoms with E-state index < -0.39 is 0 Å². The van der Waals surface area contributed by atoms with Crippen LogP contribution in [0, 0.1) is 0 Å². The number of fused-ring (bicyclic) bond motifs is 1. The minimum absolute atomic E-state index is 0.0365. The van der Waals surface area contributed by atoms with Crippen LogP contribution < -0.4 is 5.32 Å². The van der Waals surface area contributed by atoms with Crippen molar-refractivity contribution in [2.24, 2.45) is 0 Å². The maximum atomic E-state index is 12.4. The molecule has 3 aromatic rings. The van der Waals surface area contributed by atoms with Crippen molar-refractivity contribution < 1.29 is 4.79 Å². The van der Waals surface area contributed by atoms with E-state index in [2.05, 4.69) is 73.5 Å². The number of amides is 1. The SMILES string of the molecule is O=C(CN1CCN(Cc2cccc3ccccc23)CC1)Nc1ccccc1Br. The summed E-state index contributed by atoms with van der Waals surface area (Å²) in [4.78, 5) is 17.1. The second-order valence-electron chi connectivity index (χ2n) is 7.22. The summed E-state index contributed by atoms with van der Waals surface area (Å²) in [6.07, 6.45) is 0. The minimum Gasteiger partial charge on any atom is -0.324 e. The van der Waals surface area contributed by atoms with Gasteiger partial charge in [0.2, 0.25) is 5.91 Å². The van der Waals surface area contributed by atoms with E-state index in [-0.39, 0.29) is 5.91 Å². The first-order valence-corrected chi connectivity index (χ1v) is 10.4. The molecule has 1 saturated heterocycles. The molecule has 0 aliphatic carbocycles. The Hall–Kier alpha value is -2.21. The number of piperazine rings is 1. The lowest BCUT2D eigenvalue weighted by Gasteiger charge is -2.34. The van der Waals surface area contributed by atoms with Gasteiger partial charge in [0, 0.05) is 37.2 Å². The van der Waals surface area contributed by atoms with Crippen molar-refractivity contribution in [1.82, 2.24) is 9.80 Å². The van der Waals surface area contributed by atoms with Crippen LogP contribution in [0.3, 0.4) is 0 Å². The zero-order valence-electron chi connectivity index (χ0n) is 15.8. The number of carbonyl (C=O) groups excluding carboxylic acids is 1. The van der Waals surface area contributed by atoms with Crippen LogP contribution in [0.5, 0.6) is 0 Å². The molecule has 0 unspecified atom stereocenters. The molecule has 0 bridgehead atoms. The number of nitrogens with zero attached hydrogens (tertiary/aromatic N) is 2. The van der Waals surface area contributed by atoms with Gasteiger partial charge in [-0.25, -0.2) is 0 Å². The van der Waals surface area contributed by atoms with Gasteiger partial charge in [-0.2, -0.15) is 0 Å². The number of anilines is 1. The summed E-state index contributed by atoms with van der Waals surface area (Å²) in [6.45, 7) is 5.17. The fourth-order valence-corrected chi connectivity index (χ4v) is 4.12. The normalized spacial score (nSPS) is 15.6. The molecule has 3 aromatic carbocycles. The predicted octanol–water partition coefficient (Wildman–Crippen LogP) is 4.36. The number of rotatable bonds is 5. The van der Waals surface area contributed by atoms with Crippen molar-refractivity contribution >= 4 is 38.3 Å². The van der Waals surface area contributed by atoms with Crippen molar-refractivity contribution in [3.8, 4) is 0 Å². The van der Waals surface area contributed by atoms with Gasteiger partial charge < -0.3 is 5.32 Å². The van der Waals surface area contributed by atoms with Crippen LogP contribution in [-0.2, 0) is 11.3 Å². The average Bonchev–Trinajstić information content (AvgIpc) is 2.71. The number of hydrogen-bond acceptors (Lipinski definition) is 3. The van der Waals surface area contributed by atoms with Crippen LogP contribution in [0.4, 0.5) is 5.69 Å². The molecule has 1 aliphatic heterocycles. The summed E-state index contributed by atoms with van der Waals surface area (Å²) >= 11 is 3.47. The Bertz CT molecular complexity index is 961. The Morgan fingerprint density at radius 1 is 0.857 bits per heavy atom. The first-order chi connectivity index (χ1) is 13.7. The Morgan fingerprint density at radius 3 is 2.36 bits per heavy atom. The molecule has 1 aliphatic rings. The fraction of sp³-hybridized carbons (Fsp3) is 0.261.